The van der Waals surface area contributed by atoms with Crippen LogP contribution in [0.3, 0.4) is 0 Å². The molecule has 2 aliphatic rings. The number of carbonyl (C=O) groups is 2. The number of rotatable bonds is 11. The largest absolute Gasteiger partial charge is 0.493 e. The van der Waals surface area contributed by atoms with Crippen LogP contribution in [0.25, 0.3) is 6.08 Å². The summed E-state index contributed by atoms with van der Waals surface area (Å²) in [6.45, 7) is 7.35. The van der Waals surface area contributed by atoms with E-state index in [1.807, 2.05) is 6.92 Å². The molecule has 1 fully saturated rings. The minimum Gasteiger partial charge on any atom is -0.493 e. The maximum absolute atomic E-state index is 14.0. The molecule has 5 rings (SSSR count). The van der Waals surface area contributed by atoms with E-state index in [4.69, 9.17) is 23.7 Å². The zero-order valence-electron chi connectivity index (χ0n) is 26.1. The van der Waals surface area contributed by atoms with Crippen molar-refractivity contribution < 1.29 is 33.3 Å². The molecule has 3 aromatic rings. The molecule has 0 N–H and O–H groups in total. The summed E-state index contributed by atoms with van der Waals surface area (Å²) in [6, 6.07) is 9.80. The SMILES string of the molecule is CCOC(=O)C1=C(C)N=c2s/c(=C/c3ccc(OCC(=O)N4CCCC4)c(OC)c3)c(=O)n2[C@@H]1c1ccc(OC)c(OCC)c1. The normalized spacial score (nSPS) is 16.2. The number of hydrogen-bond acceptors (Lipinski definition) is 10. The molecule has 2 aliphatic heterocycles. The van der Waals surface area contributed by atoms with Gasteiger partial charge in [0.25, 0.3) is 11.5 Å². The van der Waals surface area contributed by atoms with Gasteiger partial charge in [0, 0.05) is 13.1 Å². The second kappa shape index (κ2) is 14.0. The summed E-state index contributed by atoms with van der Waals surface area (Å²) >= 11 is 1.22. The van der Waals surface area contributed by atoms with Gasteiger partial charge >= 0.3 is 5.97 Å². The van der Waals surface area contributed by atoms with Crippen LogP contribution in [0.15, 0.2) is 57.5 Å². The highest BCUT2D eigenvalue weighted by atomic mass is 32.1. The molecular formula is C33H37N3O8S. The highest BCUT2D eigenvalue weighted by Gasteiger charge is 2.34. The lowest BCUT2D eigenvalue weighted by Gasteiger charge is -2.25. The molecule has 0 unspecified atom stereocenters. The average molecular weight is 636 g/mol. The van der Waals surface area contributed by atoms with Gasteiger partial charge in [0.05, 0.1) is 49.3 Å². The molecule has 0 spiro atoms. The Balaban J connectivity index is 1.54. The topological polar surface area (TPSA) is 118 Å². The summed E-state index contributed by atoms with van der Waals surface area (Å²) in [6.07, 6.45) is 3.76. The summed E-state index contributed by atoms with van der Waals surface area (Å²) in [5.41, 5.74) is 1.76. The van der Waals surface area contributed by atoms with Crippen LogP contribution < -0.4 is 33.8 Å². The Bertz CT molecular complexity index is 1800. The van der Waals surface area contributed by atoms with Gasteiger partial charge in [0.1, 0.15) is 0 Å². The number of methoxy groups -OCH3 is 2. The zero-order valence-corrected chi connectivity index (χ0v) is 26.9. The Morgan fingerprint density at radius 1 is 0.956 bits per heavy atom. The lowest BCUT2D eigenvalue weighted by atomic mass is 9.95. The zero-order chi connectivity index (χ0) is 32.1. The lowest BCUT2D eigenvalue weighted by molar-refractivity contribution is -0.139. The molecule has 0 bridgehead atoms. The van der Waals surface area contributed by atoms with Gasteiger partial charge in [0.15, 0.2) is 34.4 Å². The van der Waals surface area contributed by atoms with E-state index in [0.29, 0.717) is 55.8 Å². The van der Waals surface area contributed by atoms with Crippen LogP contribution in [0.1, 0.15) is 50.8 Å². The first-order valence-electron chi connectivity index (χ1n) is 14.9. The monoisotopic (exact) mass is 635 g/mol. The van der Waals surface area contributed by atoms with Gasteiger partial charge in [-0.15, -0.1) is 0 Å². The fourth-order valence-corrected chi connectivity index (χ4v) is 6.53. The number of nitrogens with zero attached hydrogens (tertiary/aromatic N) is 3. The highest BCUT2D eigenvalue weighted by molar-refractivity contribution is 7.07. The van der Waals surface area contributed by atoms with Gasteiger partial charge in [-0.25, -0.2) is 9.79 Å². The van der Waals surface area contributed by atoms with Gasteiger partial charge in [-0.05, 0) is 75.1 Å². The molecule has 0 aliphatic carbocycles. The molecule has 11 nitrogen and oxygen atoms in total. The summed E-state index contributed by atoms with van der Waals surface area (Å²) in [4.78, 5) is 46.7. The van der Waals surface area contributed by atoms with Gasteiger partial charge in [-0.1, -0.05) is 23.5 Å². The Morgan fingerprint density at radius 2 is 1.69 bits per heavy atom. The number of likely N-dealkylation sites (tertiary alicyclic amines) is 1. The van der Waals surface area contributed by atoms with Crippen LogP contribution in [0, 0.1) is 0 Å². The van der Waals surface area contributed by atoms with Crippen LogP contribution in [-0.2, 0) is 14.3 Å². The van der Waals surface area contributed by atoms with E-state index in [-0.39, 0.29) is 30.3 Å². The van der Waals surface area contributed by atoms with E-state index in [2.05, 4.69) is 4.99 Å². The highest BCUT2D eigenvalue weighted by Crippen LogP contribution is 2.36. The minimum atomic E-state index is -0.800. The third-order valence-corrected chi connectivity index (χ3v) is 8.60. The van der Waals surface area contributed by atoms with E-state index < -0.39 is 12.0 Å². The van der Waals surface area contributed by atoms with Crippen LogP contribution in [0.4, 0.5) is 0 Å². The summed E-state index contributed by atoms with van der Waals surface area (Å²) < 4.78 is 29.9. The smallest absolute Gasteiger partial charge is 0.338 e. The number of allylic oxidation sites excluding steroid dienone is 1. The summed E-state index contributed by atoms with van der Waals surface area (Å²) in [5.74, 6) is 1.29. The second-order valence-corrected chi connectivity index (χ2v) is 11.4. The summed E-state index contributed by atoms with van der Waals surface area (Å²) in [7, 11) is 3.07. The first-order valence-corrected chi connectivity index (χ1v) is 15.7. The number of esters is 1. The van der Waals surface area contributed by atoms with Crippen molar-refractivity contribution in [1.82, 2.24) is 9.47 Å². The van der Waals surface area contributed by atoms with E-state index in [0.717, 1.165) is 25.9 Å². The number of benzene rings is 2. The minimum absolute atomic E-state index is 0.0583. The van der Waals surface area contributed by atoms with Crippen molar-refractivity contribution in [3.8, 4) is 23.0 Å². The molecule has 1 atom stereocenters. The van der Waals surface area contributed by atoms with Crippen molar-refractivity contribution in [3.63, 3.8) is 0 Å². The Morgan fingerprint density at radius 3 is 2.38 bits per heavy atom. The molecule has 1 saturated heterocycles. The van der Waals surface area contributed by atoms with E-state index >= 15 is 0 Å². The number of ether oxygens (including phenoxy) is 5. The maximum Gasteiger partial charge on any atom is 0.338 e. The van der Waals surface area contributed by atoms with Crippen LogP contribution in [0.2, 0.25) is 0 Å². The van der Waals surface area contributed by atoms with Crippen LogP contribution >= 0.6 is 11.3 Å². The average Bonchev–Trinajstić information content (AvgIpc) is 3.68. The van der Waals surface area contributed by atoms with Crippen molar-refractivity contribution in [3.05, 3.63) is 78.5 Å². The van der Waals surface area contributed by atoms with Crippen molar-refractivity contribution in [2.45, 2.75) is 39.7 Å². The third-order valence-electron chi connectivity index (χ3n) is 7.62. The molecule has 3 heterocycles. The van der Waals surface area contributed by atoms with Crippen LogP contribution in [-0.4, -0.2) is 68.5 Å². The van der Waals surface area contributed by atoms with Crippen molar-refractivity contribution in [2.24, 2.45) is 4.99 Å². The number of carbonyl (C=O) groups excluding carboxylic acids is 2. The first kappa shape index (κ1) is 31.8. The van der Waals surface area contributed by atoms with Gasteiger partial charge in [-0.3, -0.25) is 14.2 Å². The van der Waals surface area contributed by atoms with Gasteiger partial charge in [0.2, 0.25) is 0 Å². The second-order valence-electron chi connectivity index (χ2n) is 10.4. The molecular weight excluding hydrogens is 598 g/mol. The number of aromatic nitrogens is 1. The molecule has 238 valence electrons. The van der Waals surface area contributed by atoms with Crippen molar-refractivity contribution in [1.29, 1.82) is 0 Å². The lowest BCUT2D eigenvalue weighted by Crippen LogP contribution is -2.40. The molecule has 12 heteroatoms. The van der Waals surface area contributed by atoms with Crippen molar-refractivity contribution >= 4 is 29.3 Å². The maximum atomic E-state index is 14.0. The van der Waals surface area contributed by atoms with E-state index in [1.165, 1.54) is 23.0 Å². The molecule has 2 aromatic carbocycles. The van der Waals surface area contributed by atoms with Crippen LogP contribution in [0.5, 0.6) is 23.0 Å². The number of hydrogen-bond donors (Lipinski definition) is 0. The predicted octanol–water partition coefficient (Wildman–Crippen LogP) is 3.22. The van der Waals surface area contributed by atoms with Gasteiger partial charge in [-0.2, -0.15) is 0 Å². The van der Waals surface area contributed by atoms with Gasteiger partial charge < -0.3 is 28.6 Å². The van der Waals surface area contributed by atoms with E-state index in [9.17, 15) is 14.4 Å². The molecule has 0 saturated carbocycles. The Labute approximate surface area is 265 Å². The number of fused-ring (bicyclic) bond motifs is 1. The third kappa shape index (κ3) is 6.60. The predicted molar refractivity (Wildman–Crippen MR) is 169 cm³/mol. The van der Waals surface area contributed by atoms with Crippen molar-refractivity contribution in [2.75, 3.05) is 47.1 Å². The standard InChI is InChI=1S/C33H37N3O8S/c1-6-42-26-18-22(11-13-23(26)40-4)30-29(32(39)43-7-2)20(3)34-33-36(30)31(38)27(45-33)17-21-10-12-24(25(16-21)41-5)44-19-28(37)35-14-8-9-15-35/h10-13,16-18,30H,6-9,14-15,19H2,1-5H3/b27-17+/t30-/m1/s1. The number of thiazole rings is 1. The molecule has 1 amide bonds. The fourth-order valence-electron chi connectivity index (χ4n) is 5.48. The fraction of sp³-hybridized carbons (Fsp3) is 0.394. The number of amides is 1. The summed E-state index contributed by atoms with van der Waals surface area (Å²) in [5, 5.41) is 0. The quantitative estimate of drug-likeness (QED) is 0.295. The molecule has 1 aromatic heterocycles. The van der Waals surface area contributed by atoms with E-state index in [1.54, 1.807) is 68.3 Å². The Hall–Kier alpha value is -4.58. The molecule has 0 radical (unpaired) electrons. The Kier molecular flexibility index (Phi) is 9.92. The molecule has 45 heavy (non-hydrogen) atoms. The first-order chi connectivity index (χ1) is 21.8.